The Morgan fingerprint density at radius 2 is 1.91 bits per heavy atom. The summed E-state index contributed by atoms with van der Waals surface area (Å²) >= 11 is 0. The van der Waals surface area contributed by atoms with E-state index in [9.17, 15) is 4.79 Å². The first-order valence-corrected chi connectivity index (χ1v) is 8.38. The molecule has 0 radical (unpaired) electrons. The summed E-state index contributed by atoms with van der Waals surface area (Å²) in [5.74, 6) is 0.254. The molecular weight excluding hydrogens is 274 g/mol. The molecule has 4 heteroatoms. The molecule has 1 amide bonds. The molecule has 0 atom stereocenters. The number of benzene rings is 1. The molecule has 4 nitrogen and oxygen atoms in total. The van der Waals surface area contributed by atoms with Crippen LogP contribution in [0.5, 0.6) is 0 Å². The maximum absolute atomic E-state index is 12.5. The summed E-state index contributed by atoms with van der Waals surface area (Å²) < 4.78 is 2.16. The van der Waals surface area contributed by atoms with Gasteiger partial charge in [0.25, 0.3) is 0 Å². The van der Waals surface area contributed by atoms with E-state index in [1.807, 2.05) is 11.2 Å². The van der Waals surface area contributed by atoms with Crippen LogP contribution in [0.15, 0.2) is 24.5 Å². The van der Waals surface area contributed by atoms with E-state index in [1.165, 1.54) is 12.8 Å². The van der Waals surface area contributed by atoms with E-state index in [-0.39, 0.29) is 5.91 Å². The Hall–Kier alpha value is -1.84. The van der Waals surface area contributed by atoms with Crippen molar-refractivity contribution in [2.45, 2.75) is 52.0 Å². The van der Waals surface area contributed by atoms with Gasteiger partial charge in [-0.3, -0.25) is 4.79 Å². The molecular formula is C18H25N3O. The number of aromatic nitrogens is 2. The Balaban J connectivity index is 1.74. The molecule has 2 heterocycles. The molecule has 1 fully saturated rings. The predicted molar refractivity (Wildman–Crippen MR) is 88.9 cm³/mol. The van der Waals surface area contributed by atoms with Crippen LogP contribution in [0.2, 0.25) is 0 Å². The first-order valence-electron chi connectivity index (χ1n) is 8.38. The number of fused-ring (bicyclic) bond motifs is 1. The summed E-state index contributed by atoms with van der Waals surface area (Å²) in [5.41, 5.74) is 3.19. The third-order valence-corrected chi connectivity index (χ3v) is 4.51. The van der Waals surface area contributed by atoms with E-state index in [4.69, 9.17) is 0 Å². The summed E-state index contributed by atoms with van der Waals surface area (Å²) in [7, 11) is 0. The summed E-state index contributed by atoms with van der Waals surface area (Å²) in [6.45, 7) is 6.14. The minimum Gasteiger partial charge on any atom is -0.342 e. The molecule has 0 unspecified atom stereocenters. The molecule has 2 aromatic rings. The molecule has 1 saturated heterocycles. The number of hydrogen-bond acceptors (Lipinski definition) is 2. The van der Waals surface area contributed by atoms with Gasteiger partial charge in [-0.2, -0.15) is 0 Å². The van der Waals surface area contributed by atoms with Crippen molar-refractivity contribution in [2.24, 2.45) is 0 Å². The van der Waals surface area contributed by atoms with E-state index >= 15 is 0 Å². The molecule has 0 aliphatic carbocycles. The Kier molecular flexibility index (Phi) is 4.46. The highest BCUT2D eigenvalue weighted by molar-refractivity contribution is 5.82. The van der Waals surface area contributed by atoms with Crippen molar-refractivity contribution < 1.29 is 4.79 Å². The average Bonchev–Trinajstić information content (AvgIpc) is 2.73. The van der Waals surface area contributed by atoms with Gasteiger partial charge in [-0.05, 0) is 44.4 Å². The molecule has 3 rings (SSSR count). The first-order chi connectivity index (χ1) is 10.6. The van der Waals surface area contributed by atoms with Crippen molar-refractivity contribution in [3.05, 3.63) is 30.1 Å². The quantitative estimate of drug-likeness (QED) is 0.869. The van der Waals surface area contributed by atoms with Gasteiger partial charge in [0, 0.05) is 19.1 Å². The van der Waals surface area contributed by atoms with Crippen molar-refractivity contribution in [3.63, 3.8) is 0 Å². The van der Waals surface area contributed by atoms with Crippen LogP contribution < -0.4 is 0 Å². The molecule has 0 N–H and O–H groups in total. The van der Waals surface area contributed by atoms with Gasteiger partial charge in [-0.15, -0.1) is 0 Å². The highest BCUT2D eigenvalue weighted by Crippen LogP contribution is 2.20. The van der Waals surface area contributed by atoms with Crippen molar-refractivity contribution in [1.82, 2.24) is 14.5 Å². The fourth-order valence-electron chi connectivity index (χ4n) is 3.21. The van der Waals surface area contributed by atoms with Gasteiger partial charge >= 0.3 is 0 Å². The molecule has 0 saturated carbocycles. The third kappa shape index (κ3) is 3.16. The lowest BCUT2D eigenvalue weighted by atomic mass is 10.1. The fourth-order valence-corrected chi connectivity index (χ4v) is 3.21. The molecule has 1 aliphatic rings. The second-order valence-corrected chi connectivity index (χ2v) is 6.54. The largest absolute Gasteiger partial charge is 0.342 e. The number of imidazole rings is 1. The van der Waals surface area contributed by atoms with Crippen LogP contribution in [0.25, 0.3) is 11.0 Å². The Labute approximate surface area is 132 Å². The molecule has 118 valence electrons. The predicted octanol–water partition coefficient (Wildman–Crippen LogP) is 3.56. The second kappa shape index (κ2) is 6.51. The lowest BCUT2D eigenvalue weighted by molar-refractivity contribution is -0.130. The highest BCUT2D eigenvalue weighted by Gasteiger charge is 2.16. The number of hydrogen-bond donors (Lipinski definition) is 0. The SMILES string of the molecule is CC(C)n1cnc2cc(CC(=O)N3CCCCCC3)ccc21. The molecule has 1 aromatic carbocycles. The number of likely N-dealkylation sites (tertiary alicyclic amines) is 1. The van der Waals surface area contributed by atoms with Crippen LogP contribution in [-0.4, -0.2) is 33.4 Å². The van der Waals surface area contributed by atoms with Gasteiger partial charge in [-0.25, -0.2) is 4.98 Å². The zero-order chi connectivity index (χ0) is 15.5. The molecule has 0 bridgehead atoms. The monoisotopic (exact) mass is 299 g/mol. The van der Waals surface area contributed by atoms with E-state index < -0.39 is 0 Å². The second-order valence-electron chi connectivity index (χ2n) is 6.54. The number of carbonyl (C=O) groups excluding carboxylic acids is 1. The number of nitrogens with zero attached hydrogens (tertiary/aromatic N) is 3. The molecule has 0 spiro atoms. The van der Waals surface area contributed by atoms with Crippen molar-refractivity contribution in [3.8, 4) is 0 Å². The average molecular weight is 299 g/mol. The fraction of sp³-hybridized carbons (Fsp3) is 0.556. The topological polar surface area (TPSA) is 38.1 Å². The van der Waals surface area contributed by atoms with Crippen LogP contribution in [0, 0.1) is 0 Å². The van der Waals surface area contributed by atoms with Gasteiger partial charge in [0.05, 0.1) is 23.8 Å². The standard InChI is InChI=1S/C18H25N3O/c1-14(2)21-13-19-16-11-15(7-8-17(16)21)12-18(22)20-9-5-3-4-6-10-20/h7-8,11,13-14H,3-6,9-10,12H2,1-2H3. The van der Waals surface area contributed by atoms with Crippen molar-refractivity contribution >= 4 is 16.9 Å². The number of rotatable bonds is 3. The van der Waals surface area contributed by atoms with Crippen LogP contribution in [-0.2, 0) is 11.2 Å². The lowest BCUT2D eigenvalue weighted by Gasteiger charge is -2.20. The van der Waals surface area contributed by atoms with Gasteiger partial charge in [0.1, 0.15) is 0 Å². The summed E-state index contributed by atoms with van der Waals surface area (Å²) in [5, 5.41) is 0. The lowest BCUT2D eigenvalue weighted by Crippen LogP contribution is -2.33. The van der Waals surface area contributed by atoms with Crippen LogP contribution in [0.3, 0.4) is 0 Å². The van der Waals surface area contributed by atoms with E-state index in [0.29, 0.717) is 12.5 Å². The van der Waals surface area contributed by atoms with Gasteiger partial charge in [-0.1, -0.05) is 18.9 Å². The van der Waals surface area contributed by atoms with E-state index in [1.54, 1.807) is 0 Å². The van der Waals surface area contributed by atoms with Crippen LogP contribution in [0.1, 0.15) is 51.1 Å². The van der Waals surface area contributed by atoms with Gasteiger partial charge in [0.2, 0.25) is 5.91 Å². The van der Waals surface area contributed by atoms with Gasteiger partial charge in [0.15, 0.2) is 0 Å². The zero-order valence-electron chi connectivity index (χ0n) is 13.6. The normalized spacial score (nSPS) is 16.2. The Morgan fingerprint density at radius 1 is 1.18 bits per heavy atom. The Morgan fingerprint density at radius 3 is 2.59 bits per heavy atom. The molecule has 1 aromatic heterocycles. The highest BCUT2D eigenvalue weighted by atomic mass is 16.2. The van der Waals surface area contributed by atoms with Crippen molar-refractivity contribution in [2.75, 3.05) is 13.1 Å². The van der Waals surface area contributed by atoms with Crippen LogP contribution in [0.4, 0.5) is 0 Å². The summed E-state index contributed by atoms with van der Waals surface area (Å²) in [6, 6.07) is 6.62. The molecule has 22 heavy (non-hydrogen) atoms. The summed E-state index contributed by atoms with van der Waals surface area (Å²) in [4.78, 5) is 19.0. The smallest absolute Gasteiger partial charge is 0.226 e. The number of amides is 1. The Bertz CT molecular complexity index is 651. The van der Waals surface area contributed by atoms with E-state index in [0.717, 1.165) is 42.5 Å². The van der Waals surface area contributed by atoms with Gasteiger partial charge < -0.3 is 9.47 Å². The first kappa shape index (κ1) is 15.1. The van der Waals surface area contributed by atoms with Crippen LogP contribution >= 0.6 is 0 Å². The minimum absolute atomic E-state index is 0.254. The summed E-state index contributed by atoms with van der Waals surface area (Å²) in [6.07, 6.45) is 7.16. The third-order valence-electron chi connectivity index (χ3n) is 4.51. The van der Waals surface area contributed by atoms with Crippen molar-refractivity contribution in [1.29, 1.82) is 0 Å². The zero-order valence-corrected chi connectivity index (χ0v) is 13.6. The maximum atomic E-state index is 12.5. The maximum Gasteiger partial charge on any atom is 0.226 e. The van der Waals surface area contributed by atoms with E-state index in [2.05, 4.69) is 41.6 Å². The number of carbonyl (C=O) groups is 1. The molecule has 1 aliphatic heterocycles. The minimum atomic E-state index is 0.254.